The Morgan fingerprint density at radius 3 is 2.67 bits per heavy atom. The van der Waals surface area contributed by atoms with E-state index in [0.717, 1.165) is 18.9 Å². The molecule has 2 nitrogen and oxygen atoms in total. The van der Waals surface area contributed by atoms with E-state index in [2.05, 4.69) is 5.32 Å². The van der Waals surface area contributed by atoms with Crippen LogP contribution in [0.3, 0.4) is 0 Å². The van der Waals surface area contributed by atoms with Crippen molar-refractivity contribution < 1.29 is 13.9 Å². The van der Waals surface area contributed by atoms with Crippen LogP contribution < -0.4 is 5.32 Å². The summed E-state index contributed by atoms with van der Waals surface area (Å²) in [4.78, 5) is 0. The average Bonchev–Trinajstić information content (AvgIpc) is 2.85. The van der Waals surface area contributed by atoms with Gasteiger partial charge < -0.3 is 10.4 Å². The second-order valence-corrected chi connectivity index (χ2v) is 4.98. The lowest BCUT2D eigenvalue weighted by Crippen LogP contribution is -2.31. The highest BCUT2D eigenvalue weighted by Crippen LogP contribution is 2.27. The standard InChI is InChI=1S/C14H19F2NO/c15-12-6-5-11(13(16)7-12)8-17-9-14(18)10-3-1-2-4-10/h5-7,10,14,17-18H,1-4,8-9H2. The molecule has 100 valence electrons. The zero-order valence-electron chi connectivity index (χ0n) is 10.3. The summed E-state index contributed by atoms with van der Waals surface area (Å²) >= 11 is 0. The molecule has 18 heavy (non-hydrogen) atoms. The van der Waals surface area contributed by atoms with Crippen molar-refractivity contribution in [1.29, 1.82) is 0 Å². The number of hydrogen-bond acceptors (Lipinski definition) is 2. The first-order valence-corrected chi connectivity index (χ1v) is 6.49. The van der Waals surface area contributed by atoms with Crippen molar-refractivity contribution in [3.8, 4) is 0 Å². The Bertz CT molecular complexity index is 391. The molecule has 1 aromatic rings. The van der Waals surface area contributed by atoms with Gasteiger partial charge in [0.2, 0.25) is 0 Å². The number of aliphatic hydroxyl groups is 1. The van der Waals surface area contributed by atoms with Crippen molar-refractivity contribution in [3.05, 3.63) is 35.4 Å². The average molecular weight is 255 g/mol. The molecule has 1 fully saturated rings. The van der Waals surface area contributed by atoms with E-state index in [-0.39, 0.29) is 6.10 Å². The fourth-order valence-electron chi connectivity index (χ4n) is 2.53. The van der Waals surface area contributed by atoms with E-state index < -0.39 is 11.6 Å². The van der Waals surface area contributed by atoms with E-state index in [1.54, 1.807) is 0 Å². The van der Waals surface area contributed by atoms with Gasteiger partial charge in [-0.15, -0.1) is 0 Å². The molecular formula is C14H19F2NO. The topological polar surface area (TPSA) is 32.3 Å². The molecule has 1 aliphatic carbocycles. The van der Waals surface area contributed by atoms with Gasteiger partial charge in [0.05, 0.1) is 6.10 Å². The Hall–Kier alpha value is -1.00. The molecule has 0 aliphatic heterocycles. The molecule has 0 saturated heterocycles. The van der Waals surface area contributed by atoms with Gasteiger partial charge in [0, 0.05) is 24.7 Å². The van der Waals surface area contributed by atoms with E-state index in [4.69, 9.17) is 0 Å². The van der Waals surface area contributed by atoms with Crippen LogP contribution in [0.2, 0.25) is 0 Å². The van der Waals surface area contributed by atoms with E-state index in [9.17, 15) is 13.9 Å². The van der Waals surface area contributed by atoms with Crippen molar-refractivity contribution >= 4 is 0 Å². The zero-order valence-corrected chi connectivity index (χ0v) is 10.3. The largest absolute Gasteiger partial charge is 0.392 e. The minimum absolute atomic E-state index is 0.315. The van der Waals surface area contributed by atoms with Crippen molar-refractivity contribution in [2.45, 2.75) is 38.3 Å². The van der Waals surface area contributed by atoms with Crippen LogP contribution in [0.5, 0.6) is 0 Å². The maximum atomic E-state index is 13.3. The van der Waals surface area contributed by atoms with E-state index in [1.807, 2.05) is 0 Å². The van der Waals surface area contributed by atoms with Gasteiger partial charge in [-0.3, -0.25) is 0 Å². The van der Waals surface area contributed by atoms with Gasteiger partial charge in [-0.05, 0) is 24.8 Å². The van der Waals surface area contributed by atoms with Gasteiger partial charge in [-0.25, -0.2) is 8.78 Å². The molecule has 0 spiro atoms. The van der Waals surface area contributed by atoms with Crippen LogP contribution in [0.1, 0.15) is 31.2 Å². The van der Waals surface area contributed by atoms with Crippen LogP contribution in [-0.2, 0) is 6.54 Å². The number of benzene rings is 1. The fraction of sp³-hybridized carbons (Fsp3) is 0.571. The summed E-state index contributed by atoms with van der Waals surface area (Å²) in [5, 5.41) is 13.0. The van der Waals surface area contributed by atoms with Crippen LogP contribution in [-0.4, -0.2) is 17.8 Å². The van der Waals surface area contributed by atoms with Gasteiger partial charge in [0.1, 0.15) is 11.6 Å². The highest BCUT2D eigenvalue weighted by atomic mass is 19.1. The molecule has 0 heterocycles. The van der Waals surface area contributed by atoms with Crippen LogP contribution in [0.4, 0.5) is 8.78 Å². The summed E-state index contributed by atoms with van der Waals surface area (Å²) in [5.41, 5.74) is 0.426. The highest BCUT2D eigenvalue weighted by molar-refractivity contribution is 5.18. The van der Waals surface area contributed by atoms with Crippen LogP contribution >= 0.6 is 0 Å². The normalized spacial score (nSPS) is 18.2. The van der Waals surface area contributed by atoms with Crippen molar-refractivity contribution in [2.75, 3.05) is 6.54 Å². The molecule has 4 heteroatoms. The smallest absolute Gasteiger partial charge is 0.130 e. The Balaban J connectivity index is 1.77. The van der Waals surface area contributed by atoms with Gasteiger partial charge in [0.15, 0.2) is 0 Å². The van der Waals surface area contributed by atoms with Gasteiger partial charge in [-0.1, -0.05) is 18.9 Å². The molecular weight excluding hydrogens is 236 g/mol. The minimum Gasteiger partial charge on any atom is -0.392 e. The first kappa shape index (κ1) is 13.4. The summed E-state index contributed by atoms with van der Waals surface area (Å²) in [6.45, 7) is 0.775. The molecule has 0 aromatic heterocycles. The number of rotatable bonds is 5. The number of aliphatic hydroxyl groups excluding tert-OH is 1. The maximum absolute atomic E-state index is 13.3. The van der Waals surface area contributed by atoms with Crippen molar-refractivity contribution in [3.63, 3.8) is 0 Å². The summed E-state index contributed by atoms with van der Waals surface area (Å²) in [6.07, 6.45) is 4.17. The maximum Gasteiger partial charge on any atom is 0.130 e. The SMILES string of the molecule is OC(CNCc1ccc(F)cc1F)C1CCCC1. The lowest BCUT2D eigenvalue weighted by Gasteiger charge is -2.18. The van der Waals surface area contributed by atoms with Gasteiger partial charge in [0.25, 0.3) is 0 Å². The molecule has 0 bridgehead atoms. The fourth-order valence-corrected chi connectivity index (χ4v) is 2.53. The zero-order chi connectivity index (χ0) is 13.0. The molecule has 2 N–H and O–H groups in total. The molecule has 1 aromatic carbocycles. The van der Waals surface area contributed by atoms with Crippen LogP contribution in [0.15, 0.2) is 18.2 Å². The summed E-state index contributed by atoms with van der Waals surface area (Å²) in [7, 11) is 0. The monoisotopic (exact) mass is 255 g/mol. The Kier molecular flexibility index (Phi) is 4.66. The van der Waals surface area contributed by atoms with Crippen LogP contribution in [0, 0.1) is 17.6 Å². The second kappa shape index (κ2) is 6.25. The first-order chi connectivity index (χ1) is 8.66. The molecule has 2 rings (SSSR count). The quantitative estimate of drug-likeness (QED) is 0.847. The lowest BCUT2D eigenvalue weighted by atomic mass is 10.0. The van der Waals surface area contributed by atoms with Crippen molar-refractivity contribution in [2.24, 2.45) is 5.92 Å². The van der Waals surface area contributed by atoms with Gasteiger partial charge >= 0.3 is 0 Å². The molecule has 0 amide bonds. The van der Waals surface area contributed by atoms with Crippen LogP contribution in [0.25, 0.3) is 0 Å². The third-order valence-electron chi connectivity index (χ3n) is 3.63. The number of hydrogen-bond donors (Lipinski definition) is 2. The Labute approximate surface area is 106 Å². The minimum atomic E-state index is -0.567. The first-order valence-electron chi connectivity index (χ1n) is 6.49. The molecule has 1 saturated carbocycles. The molecule has 1 unspecified atom stereocenters. The summed E-state index contributed by atoms with van der Waals surface area (Å²) in [6, 6.07) is 3.55. The van der Waals surface area contributed by atoms with Gasteiger partial charge in [-0.2, -0.15) is 0 Å². The number of nitrogens with one attached hydrogen (secondary N) is 1. The Morgan fingerprint density at radius 1 is 1.28 bits per heavy atom. The predicted molar refractivity (Wildman–Crippen MR) is 66.0 cm³/mol. The lowest BCUT2D eigenvalue weighted by molar-refractivity contribution is 0.109. The van der Waals surface area contributed by atoms with Crippen molar-refractivity contribution in [1.82, 2.24) is 5.32 Å². The predicted octanol–water partition coefficient (Wildman–Crippen LogP) is 2.61. The van der Waals surface area contributed by atoms with E-state index in [1.165, 1.54) is 25.0 Å². The third kappa shape index (κ3) is 3.50. The molecule has 0 radical (unpaired) electrons. The summed E-state index contributed by atoms with van der Waals surface area (Å²) in [5.74, 6) is -0.740. The highest BCUT2D eigenvalue weighted by Gasteiger charge is 2.22. The van der Waals surface area contributed by atoms with E-state index in [0.29, 0.717) is 24.6 Å². The third-order valence-corrected chi connectivity index (χ3v) is 3.63. The van der Waals surface area contributed by atoms with E-state index >= 15 is 0 Å². The second-order valence-electron chi connectivity index (χ2n) is 4.98. The number of halogens is 2. The Morgan fingerprint density at radius 2 is 2.00 bits per heavy atom. The molecule has 1 aliphatic rings. The summed E-state index contributed by atoms with van der Waals surface area (Å²) < 4.78 is 26.0. The molecule has 1 atom stereocenters.